The smallest absolute Gasteiger partial charge is 0.366 e. The Labute approximate surface area is 163 Å². The van der Waals surface area contributed by atoms with Crippen LogP contribution in [0.3, 0.4) is 0 Å². The first kappa shape index (κ1) is 20.0. The van der Waals surface area contributed by atoms with Crippen LogP contribution in [-0.2, 0) is 16.4 Å². The van der Waals surface area contributed by atoms with Gasteiger partial charge in [0, 0.05) is 17.2 Å². The number of halogens is 4. The minimum atomic E-state index is -4.78. The fraction of sp³-hybridized carbons (Fsp3) is 0.353. The molecule has 1 aliphatic carbocycles. The van der Waals surface area contributed by atoms with Crippen LogP contribution in [0.4, 0.5) is 13.2 Å². The maximum Gasteiger partial charge on any atom is 0.453 e. The monoisotopic (exact) mass is 412 g/mol. The second-order valence-electron chi connectivity index (χ2n) is 6.75. The molecule has 1 aliphatic rings. The quantitative estimate of drug-likeness (QED) is 0.832. The normalized spacial score (nSPS) is 20.1. The van der Waals surface area contributed by atoms with E-state index in [1.165, 1.54) is 12.3 Å². The van der Waals surface area contributed by atoms with Crippen molar-refractivity contribution in [2.24, 2.45) is 11.7 Å². The molecule has 28 heavy (non-hydrogen) atoms. The molecule has 0 radical (unpaired) electrons. The maximum absolute atomic E-state index is 13.3. The van der Waals surface area contributed by atoms with Crippen molar-refractivity contribution in [3.63, 3.8) is 0 Å². The van der Waals surface area contributed by atoms with Crippen LogP contribution >= 0.6 is 11.6 Å². The molecule has 2 N–H and O–H groups in total. The van der Waals surface area contributed by atoms with Gasteiger partial charge in [-0.25, -0.2) is 0 Å². The predicted molar refractivity (Wildman–Crippen MR) is 94.7 cm³/mol. The second kappa shape index (κ2) is 7.01. The van der Waals surface area contributed by atoms with Crippen molar-refractivity contribution in [2.45, 2.75) is 31.9 Å². The molecule has 0 saturated carbocycles. The highest BCUT2D eigenvalue weighted by Gasteiger charge is 2.43. The molecule has 2 aromatic heterocycles. The number of rotatable bonds is 4. The van der Waals surface area contributed by atoms with Crippen LogP contribution in [0.5, 0.6) is 0 Å². The summed E-state index contributed by atoms with van der Waals surface area (Å²) in [6.07, 6.45) is -0.311. The summed E-state index contributed by atoms with van der Waals surface area (Å²) in [6, 6.07) is 3.30. The van der Waals surface area contributed by atoms with Crippen LogP contribution in [0, 0.1) is 5.92 Å². The molecule has 0 fully saturated rings. The van der Waals surface area contributed by atoms with Crippen molar-refractivity contribution >= 4 is 23.2 Å². The van der Waals surface area contributed by atoms with Crippen LogP contribution in [0.2, 0.25) is 5.02 Å². The number of allylic oxidation sites excluding steroid dienone is 3. The molecule has 3 rings (SSSR count). The van der Waals surface area contributed by atoms with Gasteiger partial charge in [0.25, 0.3) is 5.82 Å². The van der Waals surface area contributed by atoms with Gasteiger partial charge >= 0.3 is 6.18 Å². The van der Waals surface area contributed by atoms with E-state index >= 15 is 0 Å². The first-order chi connectivity index (χ1) is 13.0. The van der Waals surface area contributed by atoms with Gasteiger partial charge in [-0.05, 0) is 47.1 Å². The molecule has 0 aliphatic heterocycles. The summed E-state index contributed by atoms with van der Waals surface area (Å²) in [4.78, 5) is 16.3. The van der Waals surface area contributed by atoms with Crippen LogP contribution in [0.15, 0.2) is 36.1 Å². The van der Waals surface area contributed by atoms with Crippen molar-refractivity contribution in [3.05, 3.63) is 52.6 Å². The molecule has 2 heterocycles. The lowest BCUT2D eigenvalue weighted by molar-refractivity contribution is -0.146. The summed E-state index contributed by atoms with van der Waals surface area (Å²) in [6.45, 7) is 3.75. The van der Waals surface area contributed by atoms with Crippen LogP contribution in [-0.4, -0.2) is 31.1 Å². The second-order valence-corrected chi connectivity index (χ2v) is 7.19. The van der Waals surface area contributed by atoms with E-state index in [9.17, 15) is 18.0 Å². The van der Waals surface area contributed by atoms with Gasteiger partial charge < -0.3 is 5.73 Å². The van der Waals surface area contributed by atoms with E-state index in [0.717, 1.165) is 0 Å². The summed E-state index contributed by atoms with van der Waals surface area (Å²) < 4.78 is 40.4. The van der Waals surface area contributed by atoms with Gasteiger partial charge in [0.2, 0.25) is 5.91 Å². The minimum Gasteiger partial charge on any atom is -0.366 e. The lowest BCUT2D eigenvalue weighted by Gasteiger charge is -2.37. The fourth-order valence-corrected chi connectivity index (χ4v) is 3.31. The van der Waals surface area contributed by atoms with Crippen molar-refractivity contribution in [2.75, 3.05) is 0 Å². The molecule has 148 valence electrons. The molecular formula is C17H16ClF3N6O. The number of carbonyl (C=O) groups excluding carboxylic acids is 1. The first-order valence-corrected chi connectivity index (χ1v) is 8.63. The SMILES string of the molecule is CC(C)C1(c2ccc(Cl)cn2)C=C(n2nnnc2C(F)(F)F)C=C(C(N)=O)C1. The summed E-state index contributed by atoms with van der Waals surface area (Å²) >= 11 is 5.92. The molecule has 2 aromatic rings. The molecular weight excluding hydrogens is 397 g/mol. The zero-order valence-electron chi connectivity index (χ0n) is 14.9. The third kappa shape index (κ3) is 3.51. The lowest BCUT2D eigenvalue weighted by atomic mass is 9.67. The maximum atomic E-state index is 13.3. The number of hydrogen-bond acceptors (Lipinski definition) is 5. The minimum absolute atomic E-state index is 0.0113. The fourth-order valence-electron chi connectivity index (χ4n) is 3.20. The molecule has 0 aromatic carbocycles. The Morgan fingerprint density at radius 1 is 1.36 bits per heavy atom. The summed E-state index contributed by atoms with van der Waals surface area (Å²) in [5, 5.41) is 10.1. The van der Waals surface area contributed by atoms with Gasteiger partial charge in [0.15, 0.2) is 0 Å². The topological polar surface area (TPSA) is 99.6 Å². The van der Waals surface area contributed by atoms with Crippen molar-refractivity contribution in [3.8, 4) is 0 Å². The van der Waals surface area contributed by atoms with Gasteiger partial charge in [-0.3, -0.25) is 9.78 Å². The molecule has 7 nitrogen and oxygen atoms in total. The molecule has 0 saturated heterocycles. The van der Waals surface area contributed by atoms with E-state index < -0.39 is 23.3 Å². The number of nitrogens with two attached hydrogens (primary N) is 1. The first-order valence-electron chi connectivity index (χ1n) is 8.26. The largest absolute Gasteiger partial charge is 0.453 e. The Balaban J connectivity index is 2.25. The van der Waals surface area contributed by atoms with Crippen LogP contribution in [0.25, 0.3) is 5.70 Å². The zero-order chi connectivity index (χ0) is 20.7. The number of carbonyl (C=O) groups is 1. The van der Waals surface area contributed by atoms with E-state index in [1.54, 1.807) is 18.2 Å². The molecule has 1 unspecified atom stereocenters. The number of amides is 1. The van der Waals surface area contributed by atoms with E-state index in [2.05, 4.69) is 20.5 Å². The number of hydrogen-bond donors (Lipinski definition) is 1. The number of pyridine rings is 1. The highest BCUT2D eigenvalue weighted by molar-refractivity contribution is 6.30. The van der Waals surface area contributed by atoms with Crippen molar-refractivity contribution < 1.29 is 18.0 Å². The number of primary amides is 1. The van der Waals surface area contributed by atoms with E-state index in [0.29, 0.717) is 15.4 Å². The molecule has 0 spiro atoms. The number of nitrogens with zero attached hydrogens (tertiary/aromatic N) is 5. The zero-order valence-corrected chi connectivity index (χ0v) is 15.7. The van der Waals surface area contributed by atoms with Gasteiger partial charge in [-0.1, -0.05) is 25.4 Å². The third-order valence-corrected chi connectivity index (χ3v) is 4.95. The molecule has 0 bridgehead atoms. The standard InChI is InChI=1S/C17H16ClF3N6O/c1-9(2)16(13-4-3-11(18)8-23-13)6-10(14(22)28)5-12(7-16)27-15(17(19,20)21)24-25-26-27/h3-5,7-9H,6H2,1-2H3,(H2,22,28). The van der Waals surface area contributed by atoms with Gasteiger partial charge in [0.05, 0.1) is 16.4 Å². The number of tetrazole rings is 1. The summed E-state index contributed by atoms with van der Waals surface area (Å²) in [5.41, 5.74) is 5.24. The van der Waals surface area contributed by atoms with E-state index in [1.807, 2.05) is 13.8 Å². The Bertz CT molecular complexity index is 964. The van der Waals surface area contributed by atoms with Gasteiger partial charge in [-0.15, -0.1) is 5.10 Å². The third-order valence-electron chi connectivity index (χ3n) is 4.73. The lowest BCUT2D eigenvalue weighted by Crippen LogP contribution is -2.37. The molecule has 1 amide bonds. The van der Waals surface area contributed by atoms with E-state index in [4.69, 9.17) is 17.3 Å². The summed E-state index contributed by atoms with van der Waals surface area (Å²) in [7, 11) is 0. The van der Waals surface area contributed by atoms with E-state index in [-0.39, 0.29) is 23.6 Å². The highest BCUT2D eigenvalue weighted by Crippen LogP contribution is 2.44. The molecule has 1 atom stereocenters. The highest BCUT2D eigenvalue weighted by atomic mass is 35.5. The van der Waals surface area contributed by atoms with Gasteiger partial charge in [-0.2, -0.15) is 17.9 Å². The average molecular weight is 413 g/mol. The summed E-state index contributed by atoms with van der Waals surface area (Å²) in [5.74, 6) is -2.20. The Morgan fingerprint density at radius 3 is 2.61 bits per heavy atom. The Hall–Kier alpha value is -2.75. The van der Waals surface area contributed by atoms with Crippen LogP contribution in [0.1, 0.15) is 31.8 Å². The van der Waals surface area contributed by atoms with Crippen molar-refractivity contribution in [1.29, 1.82) is 0 Å². The molecule has 11 heteroatoms. The average Bonchev–Trinajstić information content (AvgIpc) is 3.12. The Morgan fingerprint density at radius 2 is 2.07 bits per heavy atom. The Kier molecular flexibility index (Phi) is 5.00. The van der Waals surface area contributed by atoms with Crippen molar-refractivity contribution in [1.82, 2.24) is 25.2 Å². The number of aromatic nitrogens is 5. The van der Waals surface area contributed by atoms with Gasteiger partial charge in [0.1, 0.15) is 0 Å². The number of alkyl halides is 3. The van der Waals surface area contributed by atoms with Crippen LogP contribution < -0.4 is 5.73 Å². The predicted octanol–water partition coefficient (Wildman–Crippen LogP) is 2.99.